The summed E-state index contributed by atoms with van der Waals surface area (Å²) in [6, 6.07) is 0. The fourth-order valence-electron chi connectivity index (χ4n) is 10.1. The highest BCUT2D eigenvalue weighted by atomic mass is 16.7. The van der Waals surface area contributed by atoms with E-state index in [1.165, 1.54) is 225 Å². The Morgan fingerprint density at radius 1 is 0.366 bits per heavy atom. The number of likely N-dealkylation sites (N-methyl/N-ethyl adjacent to an activating group) is 1. The van der Waals surface area contributed by atoms with Crippen LogP contribution in [0, 0.1) is 0 Å². The normalized spacial score (nSPS) is 13.0. The standard InChI is InChI=1S/C73H133NO8/c1-6-8-10-12-14-16-18-20-22-24-25-26-27-28-29-30-31-32-33-34-35-36-37-38-39-40-41-42-43-44-45-46-47-48-50-52-54-56-58-60-62-64-71(76)82-69(68-81-73(72(77)78)79-66-65-74(3,4)5)67-80-70(75)63-61-59-57-55-53-51-49-23-21-19-17-15-13-11-9-7-2/h17-20,23-25,27-28,49,69,73H,6-16,21-22,26,29-48,50-68H2,1-5H3/p+1/b19-17-,20-18-,25-24-,28-27-,49-23-. The third-order valence-electron chi connectivity index (χ3n) is 15.5. The highest BCUT2D eigenvalue weighted by molar-refractivity contribution is 5.71. The zero-order valence-electron chi connectivity index (χ0n) is 54.7. The second kappa shape index (κ2) is 64.0. The number of esters is 2. The monoisotopic (exact) mass is 1150 g/mol. The minimum Gasteiger partial charge on any atom is -0.477 e. The van der Waals surface area contributed by atoms with Crippen molar-refractivity contribution in [3.05, 3.63) is 60.8 Å². The van der Waals surface area contributed by atoms with E-state index in [1.807, 2.05) is 21.1 Å². The van der Waals surface area contributed by atoms with Crippen molar-refractivity contribution in [2.45, 2.75) is 341 Å². The fraction of sp³-hybridized carbons (Fsp3) is 0.822. The lowest BCUT2D eigenvalue weighted by molar-refractivity contribution is -0.870. The van der Waals surface area contributed by atoms with Gasteiger partial charge in [0.25, 0.3) is 6.29 Å². The van der Waals surface area contributed by atoms with Gasteiger partial charge in [-0.05, 0) is 83.5 Å². The second-order valence-corrected chi connectivity index (χ2v) is 24.8. The Labute approximate surface area is 507 Å². The highest BCUT2D eigenvalue weighted by Crippen LogP contribution is 2.18. The molecule has 0 amide bonds. The quantitative estimate of drug-likeness (QED) is 0.0211. The molecule has 1 N–H and O–H groups in total. The van der Waals surface area contributed by atoms with Crippen molar-refractivity contribution < 1.29 is 42.9 Å². The largest absolute Gasteiger partial charge is 0.477 e. The van der Waals surface area contributed by atoms with Crippen LogP contribution in [-0.4, -0.2) is 87.4 Å². The van der Waals surface area contributed by atoms with E-state index in [9.17, 15) is 19.5 Å². The van der Waals surface area contributed by atoms with Crippen LogP contribution in [0.25, 0.3) is 0 Å². The third-order valence-corrected chi connectivity index (χ3v) is 15.5. The van der Waals surface area contributed by atoms with Crippen LogP contribution in [0.3, 0.4) is 0 Å². The van der Waals surface area contributed by atoms with E-state index in [2.05, 4.69) is 74.6 Å². The molecule has 0 aliphatic rings. The van der Waals surface area contributed by atoms with E-state index in [0.717, 1.165) is 77.0 Å². The summed E-state index contributed by atoms with van der Waals surface area (Å²) in [4.78, 5) is 37.5. The average molecular weight is 1150 g/mol. The van der Waals surface area contributed by atoms with Gasteiger partial charge in [0.05, 0.1) is 34.4 Å². The number of quaternary nitrogens is 1. The molecule has 0 aliphatic heterocycles. The molecule has 0 bridgehead atoms. The summed E-state index contributed by atoms with van der Waals surface area (Å²) in [6.07, 6.45) is 80.7. The number of carboxylic acids is 1. The molecular formula is C73H134NO8+. The van der Waals surface area contributed by atoms with Crippen LogP contribution in [0.15, 0.2) is 60.8 Å². The molecule has 2 unspecified atom stereocenters. The van der Waals surface area contributed by atoms with Gasteiger partial charge in [-0.15, -0.1) is 0 Å². The number of carbonyl (C=O) groups is 3. The summed E-state index contributed by atoms with van der Waals surface area (Å²) in [5, 5.41) is 9.72. The maximum atomic E-state index is 12.9. The smallest absolute Gasteiger partial charge is 0.361 e. The van der Waals surface area contributed by atoms with Crippen molar-refractivity contribution in [3.63, 3.8) is 0 Å². The van der Waals surface area contributed by atoms with Crippen LogP contribution in [-0.2, 0) is 33.3 Å². The lowest BCUT2D eigenvalue weighted by Crippen LogP contribution is -2.40. The molecule has 0 spiro atoms. The maximum Gasteiger partial charge on any atom is 0.361 e. The molecule has 0 saturated carbocycles. The van der Waals surface area contributed by atoms with Crippen LogP contribution in [0.5, 0.6) is 0 Å². The minimum atomic E-state index is -1.51. The number of carboxylic acid groups (broad SMARTS) is 1. The van der Waals surface area contributed by atoms with E-state index in [1.54, 1.807) is 0 Å². The summed E-state index contributed by atoms with van der Waals surface area (Å²) < 4.78 is 22.9. The average Bonchev–Trinajstić information content (AvgIpc) is 3.45. The molecule has 0 saturated heterocycles. The van der Waals surface area contributed by atoms with E-state index < -0.39 is 24.3 Å². The van der Waals surface area contributed by atoms with E-state index in [0.29, 0.717) is 11.0 Å². The highest BCUT2D eigenvalue weighted by Gasteiger charge is 2.25. The van der Waals surface area contributed by atoms with Crippen molar-refractivity contribution >= 4 is 17.9 Å². The predicted octanol–water partition coefficient (Wildman–Crippen LogP) is 21.5. The Hall–Kier alpha value is -3.01. The van der Waals surface area contributed by atoms with Crippen LogP contribution >= 0.6 is 0 Å². The van der Waals surface area contributed by atoms with Crippen molar-refractivity contribution in [1.29, 1.82) is 0 Å². The third kappa shape index (κ3) is 64.5. The summed E-state index contributed by atoms with van der Waals surface area (Å²) in [5.41, 5.74) is 0. The van der Waals surface area contributed by atoms with E-state index >= 15 is 0 Å². The molecule has 2 atom stereocenters. The molecule has 0 radical (unpaired) electrons. The molecule has 0 aliphatic carbocycles. The van der Waals surface area contributed by atoms with Gasteiger partial charge in [0, 0.05) is 12.8 Å². The summed E-state index contributed by atoms with van der Waals surface area (Å²) in [5.74, 6) is -2.01. The molecule has 82 heavy (non-hydrogen) atoms. The van der Waals surface area contributed by atoms with E-state index in [-0.39, 0.29) is 38.6 Å². The Morgan fingerprint density at radius 3 is 0.988 bits per heavy atom. The summed E-state index contributed by atoms with van der Waals surface area (Å²) >= 11 is 0. The summed E-state index contributed by atoms with van der Waals surface area (Å²) in [6.45, 7) is 4.87. The zero-order chi connectivity index (χ0) is 59.8. The van der Waals surface area contributed by atoms with Gasteiger partial charge in [0.2, 0.25) is 0 Å². The summed E-state index contributed by atoms with van der Waals surface area (Å²) in [7, 11) is 5.97. The molecule has 0 rings (SSSR count). The van der Waals surface area contributed by atoms with E-state index in [4.69, 9.17) is 18.9 Å². The first-order valence-corrected chi connectivity index (χ1v) is 35.0. The van der Waals surface area contributed by atoms with Gasteiger partial charge in [0.15, 0.2) is 6.10 Å². The minimum absolute atomic E-state index is 0.186. The van der Waals surface area contributed by atoms with Crippen LogP contribution < -0.4 is 0 Å². The van der Waals surface area contributed by atoms with Crippen LogP contribution in [0.4, 0.5) is 0 Å². The Kier molecular flexibility index (Phi) is 61.6. The first kappa shape index (κ1) is 79.0. The fourth-order valence-corrected chi connectivity index (χ4v) is 10.1. The van der Waals surface area contributed by atoms with Gasteiger partial charge in [-0.2, -0.15) is 0 Å². The zero-order valence-corrected chi connectivity index (χ0v) is 54.7. The first-order chi connectivity index (χ1) is 40.1. The van der Waals surface area contributed by atoms with Crippen molar-refractivity contribution in [2.24, 2.45) is 0 Å². The van der Waals surface area contributed by atoms with Gasteiger partial charge >= 0.3 is 17.9 Å². The molecular weight excluding hydrogens is 1020 g/mol. The van der Waals surface area contributed by atoms with Crippen LogP contribution in [0.1, 0.15) is 328 Å². The van der Waals surface area contributed by atoms with Crippen LogP contribution in [0.2, 0.25) is 0 Å². The number of hydrogen-bond acceptors (Lipinski definition) is 7. The van der Waals surface area contributed by atoms with Crippen molar-refractivity contribution in [1.82, 2.24) is 0 Å². The Balaban J connectivity index is 3.94. The van der Waals surface area contributed by atoms with Crippen molar-refractivity contribution in [3.8, 4) is 0 Å². The van der Waals surface area contributed by atoms with Crippen molar-refractivity contribution in [2.75, 3.05) is 47.5 Å². The Bertz CT molecular complexity index is 1530. The first-order valence-electron chi connectivity index (χ1n) is 35.0. The number of carbonyl (C=O) groups excluding carboxylic acids is 2. The molecule has 0 fully saturated rings. The molecule has 0 aromatic carbocycles. The number of ether oxygens (including phenoxy) is 4. The van der Waals surface area contributed by atoms with Gasteiger partial charge < -0.3 is 28.5 Å². The number of unbranched alkanes of at least 4 members (excludes halogenated alkanes) is 40. The molecule has 9 heteroatoms. The van der Waals surface area contributed by atoms with Gasteiger partial charge in [0.1, 0.15) is 13.2 Å². The Morgan fingerprint density at radius 2 is 0.659 bits per heavy atom. The lowest BCUT2D eigenvalue weighted by Gasteiger charge is -2.25. The molecule has 0 heterocycles. The number of allylic oxidation sites excluding steroid dienone is 10. The number of nitrogens with zero attached hydrogens (tertiary/aromatic N) is 1. The second-order valence-electron chi connectivity index (χ2n) is 24.8. The number of rotatable bonds is 65. The predicted molar refractivity (Wildman–Crippen MR) is 350 cm³/mol. The number of aliphatic carboxylic acids is 1. The topological polar surface area (TPSA) is 108 Å². The van der Waals surface area contributed by atoms with Gasteiger partial charge in [-0.1, -0.05) is 293 Å². The molecule has 478 valence electrons. The SMILES string of the molecule is CCCCCC/C=C\C/C=C\CCCCCCCC(=O)OCC(COC(OCC[N+](C)(C)C)C(=O)O)OC(=O)CCCCCCCCCCCCCCCCCCCCCCCCCCCC/C=C\C/C=C\C/C=C\CCCCCCC. The molecule has 0 aromatic rings. The van der Waals surface area contributed by atoms with Gasteiger partial charge in [-0.25, -0.2) is 4.79 Å². The number of hydrogen-bond donors (Lipinski definition) is 1. The lowest BCUT2D eigenvalue weighted by atomic mass is 10.0. The molecule has 9 nitrogen and oxygen atoms in total. The van der Waals surface area contributed by atoms with Gasteiger partial charge in [-0.3, -0.25) is 9.59 Å². The molecule has 0 aromatic heterocycles. The maximum absolute atomic E-state index is 12.9.